The number of benzene rings is 2. The molecular weight excluding hydrogens is 302 g/mol. The summed E-state index contributed by atoms with van der Waals surface area (Å²) in [4.78, 5) is 12.2. The smallest absolute Gasteiger partial charge is 0.244 e. The third-order valence-electron chi connectivity index (χ3n) is 3.89. The van der Waals surface area contributed by atoms with Crippen molar-refractivity contribution in [3.05, 3.63) is 65.7 Å². The molecule has 3 rings (SSSR count). The van der Waals surface area contributed by atoms with Crippen molar-refractivity contribution in [2.75, 3.05) is 13.2 Å². The molecule has 4 nitrogen and oxygen atoms in total. The third-order valence-corrected chi connectivity index (χ3v) is 3.89. The summed E-state index contributed by atoms with van der Waals surface area (Å²) in [6.45, 7) is 3.21. The number of carbonyl (C=O) groups is 1. The fourth-order valence-electron chi connectivity index (χ4n) is 2.73. The monoisotopic (exact) mass is 323 g/mol. The van der Waals surface area contributed by atoms with Gasteiger partial charge in [-0.15, -0.1) is 0 Å². The second kappa shape index (κ2) is 7.68. The van der Waals surface area contributed by atoms with Gasteiger partial charge >= 0.3 is 0 Å². The summed E-state index contributed by atoms with van der Waals surface area (Å²) >= 11 is 0. The minimum absolute atomic E-state index is 0.00701. The summed E-state index contributed by atoms with van der Waals surface area (Å²) in [5.41, 5.74) is 1.99. The highest BCUT2D eigenvalue weighted by Gasteiger charge is 2.21. The Morgan fingerprint density at radius 2 is 2.04 bits per heavy atom. The zero-order valence-electron chi connectivity index (χ0n) is 13.7. The summed E-state index contributed by atoms with van der Waals surface area (Å²) in [7, 11) is 0. The van der Waals surface area contributed by atoms with Crippen molar-refractivity contribution in [1.82, 2.24) is 5.32 Å². The molecule has 0 aromatic heterocycles. The van der Waals surface area contributed by atoms with Crippen LogP contribution >= 0.6 is 0 Å². The molecule has 1 unspecified atom stereocenters. The van der Waals surface area contributed by atoms with E-state index in [2.05, 4.69) is 5.32 Å². The van der Waals surface area contributed by atoms with Crippen molar-refractivity contribution in [3.8, 4) is 11.5 Å². The zero-order chi connectivity index (χ0) is 16.8. The number of carbonyl (C=O) groups excluding carboxylic acids is 1. The van der Waals surface area contributed by atoms with Crippen LogP contribution in [-0.4, -0.2) is 19.1 Å². The van der Waals surface area contributed by atoms with Crippen molar-refractivity contribution in [2.45, 2.75) is 19.4 Å². The van der Waals surface area contributed by atoms with Gasteiger partial charge in [-0.1, -0.05) is 30.3 Å². The Labute approximate surface area is 142 Å². The molecule has 1 aliphatic heterocycles. The first kappa shape index (κ1) is 16.1. The minimum Gasteiger partial charge on any atom is -0.494 e. The van der Waals surface area contributed by atoms with E-state index in [1.54, 1.807) is 12.2 Å². The number of hydrogen-bond acceptors (Lipinski definition) is 3. The Bertz CT molecular complexity index is 722. The quantitative estimate of drug-likeness (QED) is 0.853. The van der Waals surface area contributed by atoms with Gasteiger partial charge in [0.1, 0.15) is 11.5 Å². The SMILES string of the molecule is CCOc1ccc(/C=C/C(=O)NC2CCOc3ccccc32)cc1. The van der Waals surface area contributed by atoms with E-state index in [0.29, 0.717) is 13.2 Å². The lowest BCUT2D eigenvalue weighted by molar-refractivity contribution is -0.117. The number of fused-ring (bicyclic) bond motifs is 1. The van der Waals surface area contributed by atoms with E-state index in [1.165, 1.54) is 0 Å². The molecule has 1 amide bonds. The Balaban J connectivity index is 1.61. The maximum atomic E-state index is 12.2. The van der Waals surface area contributed by atoms with Gasteiger partial charge in [0.15, 0.2) is 0 Å². The van der Waals surface area contributed by atoms with E-state index in [9.17, 15) is 4.79 Å². The summed E-state index contributed by atoms with van der Waals surface area (Å²) in [5, 5.41) is 3.05. The molecule has 0 aliphatic carbocycles. The van der Waals surface area contributed by atoms with Gasteiger partial charge in [0.25, 0.3) is 0 Å². The van der Waals surface area contributed by atoms with Crippen LogP contribution in [0.3, 0.4) is 0 Å². The lowest BCUT2D eigenvalue weighted by Crippen LogP contribution is -2.30. The maximum Gasteiger partial charge on any atom is 0.244 e. The summed E-state index contributed by atoms with van der Waals surface area (Å²) in [6.07, 6.45) is 4.14. The second-order valence-corrected chi connectivity index (χ2v) is 5.57. The molecule has 1 N–H and O–H groups in total. The van der Waals surface area contributed by atoms with E-state index < -0.39 is 0 Å². The van der Waals surface area contributed by atoms with Crippen molar-refractivity contribution < 1.29 is 14.3 Å². The average Bonchev–Trinajstić information content (AvgIpc) is 2.62. The Hall–Kier alpha value is -2.75. The Morgan fingerprint density at radius 1 is 1.25 bits per heavy atom. The predicted octanol–water partition coefficient (Wildman–Crippen LogP) is 3.74. The highest BCUT2D eigenvalue weighted by molar-refractivity contribution is 5.92. The molecule has 0 spiro atoms. The fraction of sp³-hybridized carbons (Fsp3) is 0.250. The predicted molar refractivity (Wildman–Crippen MR) is 94.1 cm³/mol. The first-order chi connectivity index (χ1) is 11.8. The highest BCUT2D eigenvalue weighted by Crippen LogP contribution is 2.31. The summed E-state index contributed by atoms with van der Waals surface area (Å²) in [6, 6.07) is 15.5. The maximum absolute atomic E-state index is 12.2. The second-order valence-electron chi connectivity index (χ2n) is 5.57. The van der Waals surface area contributed by atoms with Gasteiger partial charge in [-0.3, -0.25) is 4.79 Å². The molecule has 4 heteroatoms. The number of amides is 1. The highest BCUT2D eigenvalue weighted by atomic mass is 16.5. The van der Waals surface area contributed by atoms with Crippen molar-refractivity contribution in [1.29, 1.82) is 0 Å². The van der Waals surface area contributed by atoms with Crippen LogP contribution in [0.4, 0.5) is 0 Å². The number of rotatable bonds is 5. The first-order valence-corrected chi connectivity index (χ1v) is 8.19. The van der Waals surface area contributed by atoms with E-state index in [1.807, 2.05) is 55.5 Å². The standard InChI is InChI=1S/C20H21NO3/c1-2-23-16-10-7-15(8-11-16)9-12-20(22)21-18-13-14-24-19-6-4-3-5-17(18)19/h3-12,18H,2,13-14H2,1H3,(H,21,22)/b12-9+. The van der Waals surface area contributed by atoms with Gasteiger partial charge in [0.2, 0.25) is 5.91 Å². The van der Waals surface area contributed by atoms with Crippen LogP contribution in [0.25, 0.3) is 6.08 Å². The van der Waals surface area contributed by atoms with Gasteiger partial charge in [-0.25, -0.2) is 0 Å². The third kappa shape index (κ3) is 3.96. The van der Waals surface area contributed by atoms with Crippen LogP contribution in [0.1, 0.15) is 30.5 Å². The lowest BCUT2D eigenvalue weighted by atomic mass is 10.0. The molecule has 1 aliphatic rings. The van der Waals surface area contributed by atoms with Crippen LogP contribution < -0.4 is 14.8 Å². The van der Waals surface area contributed by atoms with Gasteiger partial charge in [0, 0.05) is 18.1 Å². The van der Waals surface area contributed by atoms with E-state index >= 15 is 0 Å². The molecule has 0 saturated carbocycles. The first-order valence-electron chi connectivity index (χ1n) is 8.19. The van der Waals surface area contributed by atoms with Crippen LogP contribution in [0, 0.1) is 0 Å². The van der Waals surface area contributed by atoms with Crippen LogP contribution in [0.2, 0.25) is 0 Å². The Morgan fingerprint density at radius 3 is 2.83 bits per heavy atom. The number of para-hydroxylation sites is 1. The van der Waals surface area contributed by atoms with Gasteiger partial charge in [-0.2, -0.15) is 0 Å². The molecule has 2 aromatic carbocycles. The largest absolute Gasteiger partial charge is 0.494 e. The molecule has 1 heterocycles. The topological polar surface area (TPSA) is 47.6 Å². The lowest BCUT2D eigenvalue weighted by Gasteiger charge is -2.26. The normalized spacial score (nSPS) is 16.3. The molecule has 0 fully saturated rings. The van der Waals surface area contributed by atoms with Gasteiger partial charge < -0.3 is 14.8 Å². The molecule has 2 aromatic rings. The molecule has 0 radical (unpaired) electrons. The molecule has 0 bridgehead atoms. The summed E-state index contributed by atoms with van der Waals surface area (Å²) in [5.74, 6) is 1.58. The van der Waals surface area contributed by atoms with Crippen LogP contribution in [-0.2, 0) is 4.79 Å². The number of nitrogens with one attached hydrogen (secondary N) is 1. The minimum atomic E-state index is -0.106. The van der Waals surface area contributed by atoms with Crippen LogP contribution in [0.5, 0.6) is 11.5 Å². The van der Waals surface area contributed by atoms with Gasteiger partial charge in [-0.05, 0) is 36.8 Å². The molecule has 0 saturated heterocycles. The van der Waals surface area contributed by atoms with E-state index in [-0.39, 0.29) is 11.9 Å². The van der Waals surface area contributed by atoms with E-state index in [4.69, 9.17) is 9.47 Å². The van der Waals surface area contributed by atoms with Crippen molar-refractivity contribution in [3.63, 3.8) is 0 Å². The molecular formula is C20H21NO3. The molecule has 124 valence electrons. The molecule has 24 heavy (non-hydrogen) atoms. The van der Waals surface area contributed by atoms with Crippen LogP contribution in [0.15, 0.2) is 54.6 Å². The average molecular weight is 323 g/mol. The van der Waals surface area contributed by atoms with E-state index in [0.717, 1.165) is 29.0 Å². The van der Waals surface area contributed by atoms with Gasteiger partial charge in [0.05, 0.1) is 19.3 Å². The zero-order valence-corrected chi connectivity index (χ0v) is 13.7. The van der Waals surface area contributed by atoms with Crippen molar-refractivity contribution in [2.24, 2.45) is 0 Å². The Kier molecular flexibility index (Phi) is 5.16. The van der Waals surface area contributed by atoms with Crippen molar-refractivity contribution >= 4 is 12.0 Å². The summed E-state index contributed by atoms with van der Waals surface area (Å²) < 4.78 is 11.0. The fourth-order valence-corrected chi connectivity index (χ4v) is 2.73. The molecule has 1 atom stereocenters. The number of hydrogen-bond donors (Lipinski definition) is 1. The number of ether oxygens (including phenoxy) is 2.